The summed E-state index contributed by atoms with van der Waals surface area (Å²) >= 11 is 13.9. The van der Waals surface area contributed by atoms with Gasteiger partial charge in [0.2, 0.25) is 0 Å². The number of halogens is 3. The van der Waals surface area contributed by atoms with Crippen LogP contribution in [0, 0.1) is 13.8 Å². The van der Waals surface area contributed by atoms with Crippen LogP contribution >= 0.6 is 46.9 Å². The predicted octanol–water partition coefficient (Wildman–Crippen LogP) is 6.63. The number of rotatable bonds is 7. The fourth-order valence-electron chi connectivity index (χ4n) is 3.16. The van der Waals surface area contributed by atoms with Gasteiger partial charge in [0.05, 0.1) is 20.8 Å². The average Bonchev–Trinajstić information content (AvgIpc) is 3.07. The Morgan fingerprint density at radius 2 is 1.70 bits per heavy atom. The number of hydrogen-bond donors (Lipinski definition) is 0. The number of likely N-dealkylation sites (N-methyl/N-ethyl adjacent to an activating group) is 1. The van der Waals surface area contributed by atoms with Crippen molar-refractivity contribution >= 4 is 68.2 Å². The number of aromatic nitrogens is 1. The van der Waals surface area contributed by atoms with E-state index in [4.69, 9.17) is 28.2 Å². The minimum absolute atomic E-state index is 0. The Labute approximate surface area is 198 Å². The highest BCUT2D eigenvalue weighted by Gasteiger charge is 2.24. The number of nitrogens with zero attached hydrogens (tertiary/aromatic N) is 3. The summed E-state index contributed by atoms with van der Waals surface area (Å²) in [4.78, 5) is 22.2. The summed E-state index contributed by atoms with van der Waals surface area (Å²) in [5.74, 6) is -0.161. The van der Waals surface area contributed by atoms with E-state index in [1.807, 2.05) is 0 Å². The fourth-order valence-corrected chi connectivity index (χ4v) is 4.72. The van der Waals surface area contributed by atoms with Crippen molar-refractivity contribution in [1.29, 1.82) is 0 Å². The second-order valence-electron chi connectivity index (χ2n) is 7.01. The lowest BCUT2D eigenvalue weighted by molar-refractivity contribution is 0.0984. The smallest absolute Gasteiger partial charge is 0.261 e. The van der Waals surface area contributed by atoms with Gasteiger partial charge in [0, 0.05) is 18.1 Å². The zero-order chi connectivity index (χ0) is 21.1. The zero-order valence-corrected chi connectivity index (χ0v) is 20.7. The van der Waals surface area contributed by atoms with Crippen LogP contribution in [0.3, 0.4) is 0 Å². The van der Waals surface area contributed by atoms with E-state index >= 15 is 0 Å². The maximum atomic E-state index is 13.4. The van der Waals surface area contributed by atoms with Gasteiger partial charge in [-0.15, -0.1) is 12.4 Å². The van der Waals surface area contributed by atoms with Crippen LogP contribution in [0.25, 0.3) is 10.2 Å². The van der Waals surface area contributed by atoms with Crippen molar-refractivity contribution in [1.82, 2.24) is 9.88 Å². The molecule has 1 aromatic heterocycles. The van der Waals surface area contributed by atoms with Crippen LogP contribution in [0.15, 0.2) is 30.3 Å². The Morgan fingerprint density at radius 1 is 1.03 bits per heavy atom. The van der Waals surface area contributed by atoms with Crippen LogP contribution in [-0.2, 0) is 0 Å². The highest BCUT2D eigenvalue weighted by Crippen LogP contribution is 2.32. The van der Waals surface area contributed by atoms with E-state index in [2.05, 4.69) is 44.7 Å². The van der Waals surface area contributed by atoms with Gasteiger partial charge in [0.25, 0.3) is 5.91 Å². The molecular weight excluding hydrogens is 461 g/mol. The summed E-state index contributed by atoms with van der Waals surface area (Å²) in [7, 11) is 0. The molecule has 0 radical (unpaired) electrons. The molecule has 0 unspecified atom stereocenters. The van der Waals surface area contributed by atoms with Crippen LogP contribution < -0.4 is 4.90 Å². The van der Waals surface area contributed by atoms with Crippen molar-refractivity contribution in [2.24, 2.45) is 0 Å². The van der Waals surface area contributed by atoms with Gasteiger partial charge in [-0.3, -0.25) is 9.69 Å². The molecule has 0 spiro atoms. The lowest BCUT2D eigenvalue weighted by Gasteiger charge is -2.25. The minimum Gasteiger partial charge on any atom is -0.302 e. The minimum atomic E-state index is -0.161. The van der Waals surface area contributed by atoms with Crippen molar-refractivity contribution in [2.75, 3.05) is 31.1 Å². The molecule has 0 aliphatic rings. The first-order valence-corrected chi connectivity index (χ1v) is 11.3. The van der Waals surface area contributed by atoms with Crippen molar-refractivity contribution in [3.8, 4) is 0 Å². The lowest BCUT2D eigenvalue weighted by Crippen LogP contribution is -2.39. The molecule has 8 heteroatoms. The van der Waals surface area contributed by atoms with Gasteiger partial charge >= 0.3 is 0 Å². The van der Waals surface area contributed by atoms with Crippen LogP contribution in [0.2, 0.25) is 10.0 Å². The molecule has 2 aromatic carbocycles. The summed E-state index contributed by atoms with van der Waals surface area (Å²) < 4.78 is 1.07. The summed E-state index contributed by atoms with van der Waals surface area (Å²) in [6.45, 7) is 11.6. The number of anilines is 1. The van der Waals surface area contributed by atoms with E-state index in [1.165, 1.54) is 22.5 Å². The SMILES string of the molecule is CCN(CC)CCN(C(=O)c1ccc(Cl)cc1Cl)c1nc2cc(C)c(C)cc2s1.Cl. The molecule has 4 nitrogen and oxygen atoms in total. The molecular formula is C22H26Cl3N3OS. The molecule has 0 atom stereocenters. The van der Waals surface area contributed by atoms with Gasteiger partial charge in [-0.1, -0.05) is 48.4 Å². The van der Waals surface area contributed by atoms with E-state index in [1.54, 1.807) is 23.1 Å². The summed E-state index contributed by atoms with van der Waals surface area (Å²) in [6.07, 6.45) is 0. The van der Waals surface area contributed by atoms with Gasteiger partial charge in [0.1, 0.15) is 0 Å². The monoisotopic (exact) mass is 485 g/mol. The van der Waals surface area contributed by atoms with Gasteiger partial charge in [-0.05, 0) is 68.4 Å². The van der Waals surface area contributed by atoms with Crippen LogP contribution in [0.1, 0.15) is 35.3 Å². The Kier molecular flexibility index (Phi) is 8.95. The molecule has 3 rings (SSSR count). The van der Waals surface area contributed by atoms with Crippen molar-refractivity contribution in [2.45, 2.75) is 27.7 Å². The largest absolute Gasteiger partial charge is 0.302 e. The van der Waals surface area contributed by atoms with Crippen LogP contribution in [0.4, 0.5) is 5.13 Å². The first-order valence-electron chi connectivity index (χ1n) is 9.71. The van der Waals surface area contributed by atoms with E-state index < -0.39 is 0 Å². The first-order chi connectivity index (χ1) is 13.8. The first kappa shape index (κ1) is 24.9. The van der Waals surface area contributed by atoms with E-state index in [9.17, 15) is 4.79 Å². The molecule has 162 valence electrons. The third-order valence-corrected chi connectivity index (χ3v) is 6.75. The number of amides is 1. The maximum absolute atomic E-state index is 13.4. The average molecular weight is 487 g/mol. The molecule has 30 heavy (non-hydrogen) atoms. The fraction of sp³-hybridized carbons (Fsp3) is 0.364. The molecule has 1 amide bonds. The molecule has 0 fully saturated rings. The summed E-state index contributed by atoms with van der Waals surface area (Å²) in [6, 6.07) is 9.18. The number of fused-ring (bicyclic) bond motifs is 1. The van der Waals surface area contributed by atoms with Gasteiger partial charge < -0.3 is 4.90 Å². The number of benzene rings is 2. The molecule has 0 saturated carbocycles. The Balaban J connectivity index is 0.00000320. The number of carbonyl (C=O) groups excluding carboxylic acids is 1. The number of hydrogen-bond acceptors (Lipinski definition) is 4. The molecule has 0 aliphatic heterocycles. The van der Waals surface area contributed by atoms with Crippen molar-refractivity contribution in [3.63, 3.8) is 0 Å². The van der Waals surface area contributed by atoms with Crippen LogP contribution in [0.5, 0.6) is 0 Å². The van der Waals surface area contributed by atoms with Gasteiger partial charge in [0.15, 0.2) is 5.13 Å². The standard InChI is InChI=1S/C22H25Cl2N3OS.ClH/c1-5-26(6-2)9-10-27(21(28)17-8-7-16(23)13-18(17)24)22-25-19-11-14(3)15(4)12-20(19)29-22;/h7-8,11-13H,5-6,9-10H2,1-4H3;1H. The maximum Gasteiger partial charge on any atom is 0.261 e. The third kappa shape index (κ3) is 5.45. The van der Waals surface area contributed by atoms with E-state index in [-0.39, 0.29) is 18.3 Å². The summed E-state index contributed by atoms with van der Waals surface area (Å²) in [5, 5.41) is 1.54. The molecule has 1 heterocycles. The van der Waals surface area contributed by atoms with Gasteiger partial charge in [-0.25, -0.2) is 4.98 Å². The second kappa shape index (κ2) is 10.8. The molecule has 0 aliphatic carbocycles. The van der Waals surface area contributed by atoms with Gasteiger partial charge in [-0.2, -0.15) is 0 Å². The number of aryl methyl sites for hydroxylation is 2. The molecule has 0 bridgehead atoms. The van der Waals surface area contributed by atoms with Crippen molar-refractivity contribution in [3.05, 3.63) is 57.1 Å². The second-order valence-corrected chi connectivity index (χ2v) is 8.86. The number of carbonyl (C=O) groups is 1. The van der Waals surface area contributed by atoms with E-state index in [0.29, 0.717) is 27.3 Å². The Morgan fingerprint density at radius 3 is 2.33 bits per heavy atom. The molecule has 0 saturated heterocycles. The summed E-state index contributed by atoms with van der Waals surface area (Å²) in [5.41, 5.74) is 3.75. The third-order valence-electron chi connectivity index (χ3n) is 5.16. The topological polar surface area (TPSA) is 36.4 Å². The number of thiazole rings is 1. The highest BCUT2D eigenvalue weighted by molar-refractivity contribution is 7.22. The molecule has 0 N–H and O–H groups in total. The van der Waals surface area contributed by atoms with Crippen molar-refractivity contribution < 1.29 is 4.79 Å². The predicted molar refractivity (Wildman–Crippen MR) is 132 cm³/mol. The van der Waals surface area contributed by atoms with E-state index in [0.717, 1.165) is 29.9 Å². The zero-order valence-electron chi connectivity index (χ0n) is 17.5. The Bertz CT molecular complexity index is 995. The lowest BCUT2D eigenvalue weighted by atomic mass is 10.1. The Hall–Kier alpha value is -1.37. The normalized spacial score (nSPS) is 11.0. The molecule has 3 aromatic rings. The van der Waals surface area contributed by atoms with Crippen LogP contribution in [-0.4, -0.2) is 42.0 Å². The quantitative estimate of drug-likeness (QED) is 0.376. The highest BCUT2D eigenvalue weighted by atomic mass is 35.5.